The third kappa shape index (κ3) is 2.21. The molecule has 0 spiro atoms. The molecule has 0 aromatic heterocycles. The molecule has 0 aliphatic carbocycles. The molecule has 0 saturated heterocycles. The number of carbonyl (C=O) groups is 1. The minimum Gasteiger partial charge on any atom is -0.311 e. The van der Waals surface area contributed by atoms with Gasteiger partial charge in [-0.15, -0.1) is 0 Å². The number of hydrogen-bond acceptors (Lipinski definition) is 1. The van der Waals surface area contributed by atoms with Gasteiger partial charge >= 0.3 is 0 Å². The molecule has 0 saturated carbocycles. The van der Waals surface area contributed by atoms with Crippen molar-refractivity contribution in [1.82, 2.24) is 4.90 Å². The highest BCUT2D eigenvalue weighted by Gasteiger charge is 2.08. The quantitative estimate of drug-likeness (QED) is 0.547. The Hall–Kier alpha value is -1.14. The summed E-state index contributed by atoms with van der Waals surface area (Å²) < 4.78 is 0. The summed E-state index contributed by atoms with van der Waals surface area (Å²) in [5, 5.41) is 0. The second-order valence-electron chi connectivity index (χ2n) is 3.05. The Bertz CT molecular complexity index is 349. The van der Waals surface area contributed by atoms with E-state index >= 15 is 0 Å². The van der Waals surface area contributed by atoms with E-state index in [4.69, 9.17) is 0 Å². The Morgan fingerprint density at radius 1 is 1.50 bits per heavy atom. The lowest BCUT2D eigenvalue weighted by Gasteiger charge is -2.18. The molecule has 0 bridgehead atoms. The predicted octanol–water partition coefficient (Wildman–Crippen LogP) is 2.09. The first kappa shape index (κ1) is 10.9. The van der Waals surface area contributed by atoms with Crippen LogP contribution in [0.2, 0.25) is 0 Å². The summed E-state index contributed by atoms with van der Waals surface area (Å²) in [6.07, 6.45) is 0.828. The first-order valence-electron chi connectivity index (χ1n) is 4.57. The number of aryl methyl sites for hydroxylation is 1. The third-order valence-corrected chi connectivity index (χ3v) is 2.71. The molecule has 74 valence electrons. The Balaban J connectivity index is 3.00. The van der Waals surface area contributed by atoms with E-state index < -0.39 is 0 Å². The van der Waals surface area contributed by atoms with Crippen molar-refractivity contribution in [2.75, 3.05) is 6.54 Å². The number of hydrogen-bond donors (Lipinski definition) is 0. The molecule has 1 aromatic rings. The molecule has 0 N–H and O–H groups in total. The molecule has 2 nitrogen and oxygen atoms in total. The van der Waals surface area contributed by atoms with Crippen molar-refractivity contribution in [3.63, 3.8) is 0 Å². The van der Waals surface area contributed by atoms with E-state index in [0.29, 0.717) is 6.54 Å². The summed E-state index contributed by atoms with van der Waals surface area (Å²) >= 11 is 0. The number of carbonyl (C=O) groups excluding carboxylic acids is 1. The van der Waals surface area contributed by atoms with Gasteiger partial charge in [0, 0.05) is 12.1 Å². The van der Waals surface area contributed by atoms with Crippen molar-refractivity contribution in [1.29, 1.82) is 0 Å². The van der Waals surface area contributed by atoms with Gasteiger partial charge in [-0.05, 0) is 19.4 Å². The van der Waals surface area contributed by atoms with E-state index in [2.05, 4.69) is 8.86 Å². The Labute approximate surface area is 86.8 Å². The highest BCUT2D eigenvalue weighted by atomic mass is 31.0. The fourth-order valence-corrected chi connectivity index (χ4v) is 1.77. The molecule has 0 aliphatic rings. The van der Waals surface area contributed by atoms with Crippen molar-refractivity contribution in [2.24, 2.45) is 0 Å². The lowest BCUT2D eigenvalue weighted by atomic mass is 10.1. The summed E-state index contributed by atoms with van der Waals surface area (Å²) in [6.45, 7) is 4.62. The lowest BCUT2D eigenvalue weighted by Crippen LogP contribution is -2.28. The largest absolute Gasteiger partial charge is 0.311 e. The lowest BCUT2D eigenvalue weighted by molar-refractivity contribution is -0.114. The maximum atomic E-state index is 10.7. The Morgan fingerprint density at radius 2 is 2.14 bits per heavy atom. The van der Waals surface area contributed by atoms with Gasteiger partial charge in [0.25, 0.3) is 0 Å². The van der Waals surface area contributed by atoms with E-state index in [0.717, 1.165) is 23.0 Å². The normalized spacial score (nSPS) is 9.57. The van der Waals surface area contributed by atoms with Crippen LogP contribution in [0.3, 0.4) is 0 Å². The fraction of sp³-hybridized carbons (Fsp3) is 0.273. The smallest absolute Gasteiger partial charge is 0.214 e. The van der Waals surface area contributed by atoms with Crippen molar-refractivity contribution in [2.45, 2.75) is 13.8 Å². The summed E-state index contributed by atoms with van der Waals surface area (Å²) in [6, 6.07) is 7.95. The zero-order chi connectivity index (χ0) is 10.6. The molecule has 1 aromatic carbocycles. The van der Waals surface area contributed by atoms with Gasteiger partial charge in [0.15, 0.2) is 0 Å². The van der Waals surface area contributed by atoms with Crippen LogP contribution in [0.15, 0.2) is 24.3 Å². The molecule has 0 radical (unpaired) electrons. The first-order chi connectivity index (χ1) is 6.70. The van der Waals surface area contributed by atoms with Gasteiger partial charge in [-0.2, -0.15) is 0 Å². The van der Waals surface area contributed by atoms with Crippen molar-refractivity contribution >= 4 is 20.7 Å². The monoisotopic (exact) mass is 207 g/mol. The van der Waals surface area contributed by atoms with Crippen LogP contribution in [-0.2, 0) is 4.79 Å². The van der Waals surface area contributed by atoms with Crippen LogP contribution in [0.4, 0.5) is 0 Å². The van der Waals surface area contributed by atoms with Crippen LogP contribution in [0.25, 0.3) is 0 Å². The fourth-order valence-electron chi connectivity index (χ4n) is 1.28. The predicted molar refractivity (Wildman–Crippen MR) is 62.0 cm³/mol. The second-order valence-corrected chi connectivity index (χ2v) is 3.53. The molecule has 1 rings (SSSR count). The van der Waals surface area contributed by atoms with Crippen LogP contribution < -0.4 is 0 Å². The van der Waals surface area contributed by atoms with Crippen molar-refractivity contribution in [3.8, 4) is 0 Å². The van der Waals surface area contributed by atoms with Crippen molar-refractivity contribution < 1.29 is 4.79 Å². The standard InChI is InChI=1S/C11H14NOP/c1-3-12(8-13)11(14)10-7-5-4-6-9(10)2/h4-8,14H,3H2,1-2H3. The van der Waals surface area contributed by atoms with E-state index in [-0.39, 0.29) is 0 Å². The van der Waals surface area contributed by atoms with Crippen LogP contribution >= 0.6 is 8.86 Å². The maximum Gasteiger partial charge on any atom is 0.214 e. The Kier molecular flexibility index (Phi) is 3.84. The number of amides is 1. The molecular weight excluding hydrogens is 193 g/mol. The van der Waals surface area contributed by atoms with Gasteiger partial charge in [-0.25, -0.2) is 0 Å². The first-order valence-corrected chi connectivity index (χ1v) is 5.07. The highest BCUT2D eigenvalue weighted by Crippen LogP contribution is 2.11. The number of rotatable bonds is 4. The zero-order valence-electron chi connectivity index (χ0n) is 8.45. The minimum absolute atomic E-state index is 0.663. The van der Waals surface area contributed by atoms with Crippen molar-refractivity contribution in [3.05, 3.63) is 35.4 Å². The molecule has 0 heterocycles. The van der Waals surface area contributed by atoms with Gasteiger partial charge in [0.05, 0.1) is 5.42 Å². The molecule has 0 unspecified atom stereocenters. The van der Waals surface area contributed by atoms with Gasteiger partial charge < -0.3 is 4.90 Å². The molecule has 1 amide bonds. The average molecular weight is 207 g/mol. The van der Waals surface area contributed by atoms with E-state index in [9.17, 15) is 4.79 Å². The molecule has 0 aliphatic heterocycles. The molecular formula is C11H14NOP. The van der Waals surface area contributed by atoms with Crippen LogP contribution in [0, 0.1) is 6.92 Å². The molecule has 0 atom stereocenters. The van der Waals surface area contributed by atoms with E-state index in [1.54, 1.807) is 4.90 Å². The third-order valence-electron chi connectivity index (χ3n) is 2.16. The second kappa shape index (κ2) is 4.92. The van der Waals surface area contributed by atoms with E-state index in [1.165, 1.54) is 0 Å². The summed E-state index contributed by atoms with van der Waals surface area (Å²) in [7, 11) is 3.49. The highest BCUT2D eigenvalue weighted by molar-refractivity contribution is 7.22. The summed E-state index contributed by atoms with van der Waals surface area (Å²) in [5.74, 6) is 0. The summed E-state index contributed by atoms with van der Waals surface area (Å²) in [5.41, 5.74) is 3.02. The van der Waals surface area contributed by atoms with Crippen LogP contribution in [-0.4, -0.2) is 23.3 Å². The van der Waals surface area contributed by atoms with Gasteiger partial charge in [-0.3, -0.25) is 4.79 Å². The van der Waals surface area contributed by atoms with Crippen LogP contribution in [0.1, 0.15) is 18.1 Å². The average Bonchev–Trinajstić information content (AvgIpc) is 2.20. The SMILES string of the molecule is CCN(C=O)C(=P)c1ccccc1C. The summed E-state index contributed by atoms with van der Waals surface area (Å²) in [4.78, 5) is 12.4. The van der Waals surface area contributed by atoms with Gasteiger partial charge in [0.2, 0.25) is 6.41 Å². The molecule has 0 fully saturated rings. The maximum absolute atomic E-state index is 10.7. The van der Waals surface area contributed by atoms with E-state index in [1.807, 2.05) is 38.1 Å². The molecule has 14 heavy (non-hydrogen) atoms. The Morgan fingerprint density at radius 3 is 2.64 bits per heavy atom. The minimum atomic E-state index is 0.663. The van der Waals surface area contributed by atoms with Gasteiger partial charge in [0.1, 0.15) is 0 Å². The number of benzene rings is 1. The van der Waals surface area contributed by atoms with Crippen LogP contribution in [0.5, 0.6) is 0 Å². The number of nitrogens with zero attached hydrogens (tertiary/aromatic N) is 1. The zero-order valence-corrected chi connectivity index (χ0v) is 9.45. The molecule has 3 heteroatoms. The van der Waals surface area contributed by atoms with Gasteiger partial charge in [-0.1, -0.05) is 33.1 Å². The topological polar surface area (TPSA) is 20.3 Å².